The van der Waals surface area contributed by atoms with Crippen LogP contribution in [0.3, 0.4) is 0 Å². The molecular weight excluding hydrogens is 230 g/mol. The molecule has 0 aliphatic carbocycles. The number of nitrogens with zero attached hydrogens (tertiary/aromatic N) is 3. The fraction of sp³-hybridized carbons (Fsp3) is 0.692. The Bertz CT molecular complexity index is 428. The van der Waals surface area contributed by atoms with Crippen LogP contribution >= 0.6 is 0 Å². The van der Waals surface area contributed by atoms with E-state index in [-0.39, 0.29) is 12.0 Å². The molecule has 0 unspecified atom stereocenters. The maximum absolute atomic E-state index is 11.8. The summed E-state index contributed by atoms with van der Waals surface area (Å²) in [6, 6.07) is 1.97. The summed E-state index contributed by atoms with van der Waals surface area (Å²) in [5.41, 5.74) is 2.16. The van der Waals surface area contributed by atoms with Crippen LogP contribution in [0.1, 0.15) is 30.7 Å². The van der Waals surface area contributed by atoms with E-state index in [2.05, 4.69) is 16.1 Å². The van der Waals surface area contributed by atoms with Gasteiger partial charge in [0.1, 0.15) is 6.04 Å². The summed E-state index contributed by atoms with van der Waals surface area (Å²) in [4.78, 5) is 14.0. The van der Waals surface area contributed by atoms with E-state index in [1.54, 1.807) is 0 Å². The molecule has 1 aromatic heterocycles. The van der Waals surface area contributed by atoms with E-state index in [1.807, 2.05) is 18.7 Å². The van der Waals surface area contributed by atoms with Gasteiger partial charge in [-0.25, -0.2) is 0 Å². The van der Waals surface area contributed by atoms with Crippen molar-refractivity contribution in [3.8, 4) is 0 Å². The van der Waals surface area contributed by atoms with Gasteiger partial charge in [-0.3, -0.25) is 14.4 Å². The molecule has 5 heteroatoms. The van der Waals surface area contributed by atoms with Gasteiger partial charge in [0.15, 0.2) is 0 Å². The van der Waals surface area contributed by atoms with Crippen LogP contribution in [0.2, 0.25) is 0 Å². The molecule has 1 aliphatic heterocycles. The molecular formula is C13H21N3O2. The molecule has 5 nitrogen and oxygen atoms in total. The number of likely N-dealkylation sites (tertiary alicyclic amines) is 1. The zero-order chi connectivity index (χ0) is 13.1. The van der Waals surface area contributed by atoms with Crippen molar-refractivity contribution in [2.45, 2.75) is 38.8 Å². The second kappa shape index (κ2) is 5.52. The number of hydrogen-bond acceptors (Lipinski definition) is 4. The molecule has 0 bridgehead atoms. The minimum absolute atomic E-state index is 0.0982. The lowest BCUT2D eigenvalue weighted by atomic mass is 10.0. The van der Waals surface area contributed by atoms with Gasteiger partial charge < -0.3 is 4.74 Å². The van der Waals surface area contributed by atoms with Crippen molar-refractivity contribution in [1.29, 1.82) is 0 Å². The van der Waals surface area contributed by atoms with Crippen molar-refractivity contribution < 1.29 is 9.53 Å². The highest BCUT2D eigenvalue weighted by Crippen LogP contribution is 2.20. The van der Waals surface area contributed by atoms with E-state index < -0.39 is 0 Å². The lowest BCUT2D eigenvalue weighted by Gasteiger charge is -2.33. The number of esters is 1. The van der Waals surface area contributed by atoms with Crippen molar-refractivity contribution in [1.82, 2.24) is 14.7 Å². The molecule has 0 amide bonds. The molecule has 1 aromatic rings. The third kappa shape index (κ3) is 2.72. The minimum atomic E-state index is -0.117. The average Bonchev–Trinajstić information content (AvgIpc) is 2.67. The van der Waals surface area contributed by atoms with Gasteiger partial charge in [-0.05, 0) is 32.4 Å². The zero-order valence-electron chi connectivity index (χ0n) is 11.3. The smallest absolute Gasteiger partial charge is 0.323 e. The summed E-state index contributed by atoms with van der Waals surface area (Å²) >= 11 is 0. The lowest BCUT2D eigenvalue weighted by molar-refractivity contribution is -0.148. The Kier molecular flexibility index (Phi) is 4.01. The lowest BCUT2D eigenvalue weighted by Crippen LogP contribution is -2.44. The number of carbonyl (C=O) groups is 1. The van der Waals surface area contributed by atoms with E-state index in [4.69, 9.17) is 4.74 Å². The Morgan fingerprint density at radius 2 is 2.33 bits per heavy atom. The molecule has 1 aliphatic rings. The van der Waals surface area contributed by atoms with Gasteiger partial charge in [0, 0.05) is 13.6 Å². The van der Waals surface area contributed by atoms with Crippen molar-refractivity contribution in [3.63, 3.8) is 0 Å². The van der Waals surface area contributed by atoms with Crippen molar-refractivity contribution in [2.24, 2.45) is 7.05 Å². The molecule has 0 spiro atoms. The monoisotopic (exact) mass is 251 g/mol. The summed E-state index contributed by atoms with van der Waals surface area (Å²) in [6.07, 6.45) is 3.13. The average molecular weight is 251 g/mol. The number of rotatable bonds is 3. The van der Waals surface area contributed by atoms with Gasteiger partial charge in [-0.1, -0.05) is 6.42 Å². The standard InChI is InChI=1S/C13H21N3O2/c1-10-8-11(15(2)14-10)9-16-7-5-4-6-12(16)13(17)18-3/h8,12H,4-7,9H2,1-3H3/t12-/m1/s1. The fourth-order valence-electron chi connectivity index (χ4n) is 2.60. The van der Waals surface area contributed by atoms with Crippen LogP contribution in [0, 0.1) is 6.92 Å². The molecule has 1 saturated heterocycles. The number of aryl methyl sites for hydroxylation is 2. The maximum Gasteiger partial charge on any atom is 0.323 e. The first kappa shape index (κ1) is 13.1. The SMILES string of the molecule is COC(=O)[C@H]1CCCCN1Cc1cc(C)nn1C. The molecule has 1 fully saturated rings. The van der Waals surface area contributed by atoms with E-state index in [1.165, 1.54) is 7.11 Å². The molecule has 0 N–H and O–H groups in total. The molecule has 18 heavy (non-hydrogen) atoms. The summed E-state index contributed by atoms with van der Waals surface area (Å²) in [5.74, 6) is -0.117. The van der Waals surface area contributed by atoms with Crippen molar-refractivity contribution >= 4 is 5.97 Å². The topological polar surface area (TPSA) is 47.4 Å². The van der Waals surface area contributed by atoms with Crippen LogP contribution in [0.4, 0.5) is 0 Å². The number of methoxy groups -OCH3 is 1. The van der Waals surface area contributed by atoms with Gasteiger partial charge >= 0.3 is 5.97 Å². The third-order valence-corrected chi connectivity index (χ3v) is 3.55. The number of carbonyl (C=O) groups excluding carboxylic acids is 1. The highest BCUT2D eigenvalue weighted by atomic mass is 16.5. The molecule has 0 radical (unpaired) electrons. The number of ether oxygens (including phenoxy) is 1. The summed E-state index contributed by atoms with van der Waals surface area (Å²) < 4.78 is 6.78. The largest absolute Gasteiger partial charge is 0.468 e. The Balaban J connectivity index is 2.10. The number of hydrogen-bond donors (Lipinski definition) is 0. The molecule has 0 saturated carbocycles. The van der Waals surface area contributed by atoms with Crippen LogP contribution < -0.4 is 0 Å². The first-order chi connectivity index (χ1) is 8.61. The van der Waals surface area contributed by atoms with Crippen LogP contribution in [-0.2, 0) is 23.1 Å². The zero-order valence-corrected chi connectivity index (χ0v) is 11.3. The van der Waals surface area contributed by atoms with Crippen molar-refractivity contribution in [2.75, 3.05) is 13.7 Å². The van der Waals surface area contributed by atoms with Gasteiger partial charge in [0.2, 0.25) is 0 Å². The van der Waals surface area contributed by atoms with E-state index in [0.29, 0.717) is 0 Å². The van der Waals surface area contributed by atoms with Crippen LogP contribution in [-0.4, -0.2) is 40.3 Å². The fourth-order valence-corrected chi connectivity index (χ4v) is 2.60. The predicted molar refractivity (Wildman–Crippen MR) is 68.0 cm³/mol. The van der Waals surface area contributed by atoms with E-state index >= 15 is 0 Å². The highest BCUT2D eigenvalue weighted by molar-refractivity contribution is 5.75. The number of piperidine rings is 1. The minimum Gasteiger partial charge on any atom is -0.468 e. The van der Waals surface area contributed by atoms with Gasteiger partial charge in [-0.15, -0.1) is 0 Å². The third-order valence-electron chi connectivity index (χ3n) is 3.55. The molecule has 100 valence electrons. The summed E-state index contributed by atoms with van der Waals surface area (Å²) in [7, 11) is 3.41. The van der Waals surface area contributed by atoms with E-state index in [9.17, 15) is 4.79 Å². The van der Waals surface area contributed by atoms with Crippen LogP contribution in [0.15, 0.2) is 6.07 Å². The molecule has 2 rings (SSSR count). The number of aromatic nitrogens is 2. The highest BCUT2D eigenvalue weighted by Gasteiger charge is 2.29. The molecule has 0 aromatic carbocycles. The van der Waals surface area contributed by atoms with E-state index in [0.717, 1.165) is 43.7 Å². The van der Waals surface area contributed by atoms with Crippen LogP contribution in [0.25, 0.3) is 0 Å². The van der Waals surface area contributed by atoms with Crippen molar-refractivity contribution in [3.05, 3.63) is 17.5 Å². The second-order valence-corrected chi connectivity index (χ2v) is 4.91. The normalized spacial score (nSPS) is 20.9. The predicted octanol–water partition coefficient (Wildman–Crippen LogP) is 1.26. The maximum atomic E-state index is 11.8. The Morgan fingerprint density at radius 3 is 2.94 bits per heavy atom. The first-order valence-electron chi connectivity index (χ1n) is 6.43. The molecule has 2 heterocycles. The van der Waals surface area contributed by atoms with Gasteiger partial charge in [0.05, 0.1) is 18.5 Å². The Labute approximate surface area is 108 Å². The Hall–Kier alpha value is -1.36. The second-order valence-electron chi connectivity index (χ2n) is 4.91. The van der Waals surface area contributed by atoms with Gasteiger partial charge in [0.25, 0.3) is 0 Å². The summed E-state index contributed by atoms with van der Waals surface area (Å²) in [5, 5.41) is 4.34. The van der Waals surface area contributed by atoms with Gasteiger partial charge in [-0.2, -0.15) is 5.10 Å². The Morgan fingerprint density at radius 1 is 1.56 bits per heavy atom. The first-order valence-corrected chi connectivity index (χ1v) is 6.43. The molecule has 1 atom stereocenters. The quantitative estimate of drug-likeness (QED) is 0.759. The summed E-state index contributed by atoms with van der Waals surface area (Å²) in [6.45, 7) is 3.69. The van der Waals surface area contributed by atoms with Crippen LogP contribution in [0.5, 0.6) is 0 Å².